The highest BCUT2D eigenvalue weighted by atomic mass is 127. The standard InChI is InChI=1S/C21H29N5O2.HI/c1-5-22-21(25-15-18-8-7-13-23-19(18)28-6-2)24-14-16-9-11-17(12-10-16)20(27)26(3)4;/h7-13H,5-6,14-15H2,1-4H3,(H2,22,24,25);1H. The molecule has 1 aromatic carbocycles. The minimum Gasteiger partial charge on any atom is -0.478 e. The average molecular weight is 511 g/mol. The van der Waals surface area contributed by atoms with Gasteiger partial charge < -0.3 is 20.3 Å². The number of nitrogens with zero attached hydrogens (tertiary/aromatic N) is 3. The summed E-state index contributed by atoms with van der Waals surface area (Å²) in [5.74, 6) is 1.34. The Morgan fingerprint density at radius 3 is 2.48 bits per heavy atom. The molecular weight excluding hydrogens is 481 g/mol. The van der Waals surface area contributed by atoms with Gasteiger partial charge in [0.1, 0.15) is 0 Å². The normalized spacial score (nSPS) is 10.7. The van der Waals surface area contributed by atoms with Crippen LogP contribution in [0.25, 0.3) is 0 Å². The second kappa shape index (κ2) is 13.0. The molecule has 0 radical (unpaired) electrons. The number of guanidine groups is 1. The number of rotatable bonds is 8. The highest BCUT2D eigenvalue weighted by molar-refractivity contribution is 14.0. The minimum atomic E-state index is -0.00775. The third-order valence-corrected chi connectivity index (χ3v) is 3.95. The van der Waals surface area contributed by atoms with Crippen molar-refractivity contribution in [3.8, 4) is 5.88 Å². The van der Waals surface area contributed by atoms with Crippen molar-refractivity contribution in [2.75, 3.05) is 27.2 Å². The fourth-order valence-electron chi connectivity index (χ4n) is 2.53. The fraction of sp³-hybridized carbons (Fsp3) is 0.381. The number of carbonyl (C=O) groups excluding carboxylic acids is 1. The van der Waals surface area contributed by atoms with Gasteiger partial charge in [0.25, 0.3) is 5.91 Å². The maximum Gasteiger partial charge on any atom is 0.253 e. The van der Waals surface area contributed by atoms with Crippen LogP contribution in [-0.2, 0) is 13.1 Å². The molecule has 2 N–H and O–H groups in total. The smallest absolute Gasteiger partial charge is 0.253 e. The number of halogens is 1. The zero-order valence-corrected chi connectivity index (χ0v) is 19.8. The summed E-state index contributed by atoms with van der Waals surface area (Å²) < 4.78 is 5.56. The molecule has 0 saturated carbocycles. The molecule has 0 unspecified atom stereocenters. The Labute approximate surface area is 190 Å². The van der Waals surface area contributed by atoms with E-state index in [1.807, 2.05) is 50.2 Å². The van der Waals surface area contributed by atoms with E-state index < -0.39 is 0 Å². The van der Waals surface area contributed by atoms with Crippen molar-refractivity contribution in [3.05, 3.63) is 59.3 Å². The predicted molar refractivity (Wildman–Crippen MR) is 127 cm³/mol. The van der Waals surface area contributed by atoms with E-state index >= 15 is 0 Å². The second-order valence-corrected chi connectivity index (χ2v) is 6.35. The van der Waals surface area contributed by atoms with E-state index in [9.17, 15) is 4.79 Å². The summed E-state index contributed by atoms with van der Waals surface area (Å²) in [4.78, 5) is 22.4. The number of carbonyl (C=O) groups is 1. The van der Waals surface area contributed by atoms with Crippen LogP contribution in [0.5, 0.6) is 5.88 Å². The molecule has 2 aromatic rings. The number of aromatic nitrogens is 1. The van der Waals surface area contributed by atoms with Crippen LogP contribution in [0.3, 0.4) is 0 Å². The first-order valence-corrected chi connectivity index (χ1v) is 9.44. The molecule has 0 saturated heterocycles. The molecule has 0 aliphatic heterocycles. The molecule has 0 atom stereocenters. The van der Waals surface area contributed by atoms with Crippen LogP contribution in [0.2, 0.25) is 0 Å². The number of benzene rings is 1. The van der Waals surface area contributed by atoms with Crippen molar-refractivity contribution in [3.63, 3.8) is 0 Å². The third kappa shape index (κ3) is 7.88. The lowest BCUT2D eigenvalue weighted by Crippen LogP contribution is -2.36. The number of pyridine rings is 1. The molecule has 0 aliphatic rings. The first-order valence-electron chi connectivity index (χ1n) is 9.44. The first-order chi connectivity index (χ1) is 13.5. The maximum absolute atomic E-state index is 12.0. The lowest BCUT2D eigenvalue weighted by Gasteiger charge is -2.13. The van der Waals surface area contributed by atoms with Gasteiger partial charge in [-0.05, 0) is 37.6 Å². The number of nitrogens with one attached hydrogen (secondary N) is 2. The molecule has 1 amide bonds. The SMILES string of the molecule is CCNC(=NCc1ccc(C(=O)N(C)C)cc1)NCc1cccnc1OCC.I. The molecule has 7 nitrogen and oxygen atoms in total. The summed E-state index contributed by atoms with van der Waals surface area (Å²) in [7, 11) is 3.49. The lowest BCUT2D eigenvalue weighted by atomic mass is 10.1. The van der Waals surface area contributed by atoms with Gasteiger partial charge >= 0.3 is 0 Å². The van der Waals surface area contributed by atoms with E-state index in [-0.39, 0.29) is 29.9 Å². The topological polar surface area (TPSA) is 78.9 Å². The van der Waals surface area contributed by atoms with E-state index in [1.165, 1.54) is 0 Å². The van der Waals surface area contributed by atoms with Gasteiger partial charge in [-0.2, -0.15) is 0 Å². The van der Waals surface area contributed by atoms with Gasteiger partial charge in [-0.15, -0.1) is 24.0 Å². The molecule has 8 heteroatoms. The average Bonchev–Trinajstić information content (AvgIpc) is 2.71. The lowest BCUT2D eigenvalue weighted by molar-refractivity contribution is 0.0827. The van der Waals surface area contributed by atoms with Crippen LogP contribution in [0, 0.1) is 0 Å². The van der Waals surface area contributed by atoms with Crippen molar-refractivity contribution in [2.24, 2.45) is 4.99 Å². The second-order valence-electron chi connectivity index (χ2n) is 6.35. The van der Waals surface area contributed by atoms with Gasteiger partial charge in [-0.3, -0.25) is 4.79 Å². The largest absolute Gasteiger partial charge is 0.478 e. The Morgan fingerprint density at radius 1 is 1.14 bits per heavy atom. The van der Waals surface area contributed by atoms with Crippen LogP contribution in [0.15, 0.2) is 47.6 Å². The number of amides is 1. The Kier molecular flexibility index (Phi) is 11.0. The summed E-state index contributed by atoms with van der Waals surface area (Å²) in [5.41, 5.74) is 2.67. The van der Waals surface area contributed by atoms with Crippen LogP contribution in [-0.4, -0.2) is 49.0 Å². The van der Waals surface area contributed by atoms with Gasteiger partial charge in [0, 0.05) is 44.5 Å². The monoisotopic (exact) mass is 511 g/mol. The van der Waals surface area contributed by atoms with Crippen molar-refractivity contribution >= 4 is 35.8 Å². The van der Waals surface area contributed by atoms with Crippen molar-refractivity contribution in [2.45, 2.75) is 26.9 Å². The van der Waals surface area contributed by atoms with Crippen molar-refractivity contribution in [1.29, 1.82) is 0 Å². The fourth-order valence-corrected chi connectivity index (χ4v) is 2.53. The summed E-state index contributed by atoms with van der Waals surface area (Å²) in [6.45, 7) is 6.36. The molecule has 0 fully saturated rings. The summed E-state index contributed by atoms with van der Waals surface area (Å²) in [6, 6.07) is 11.4. The maximum atomic E-state index is 12.0. The zero-order chi connectivity index (χ0) is 20.4. The van der Waals surface area contributed by atoms with E-state index in [0.29, 0.717) is 37.1 Å². The molecule has 158 valence electrons. The van der Waals surface area contributed by atoms with Gasteiger partial charge in [0.05, 0.1) is 13.2 Å². The molecule has 0 spiro atoms. The third-order valence-electron chi connectivity index (χ3n) is 3.95. The Morgan fingerprint density at radius 2 is 1.86 bits per heavy atom. The Balaban J connectivity index is 0.00000420. The van der Waals surface area contributed by atoms with Crippen LogP contribution in [0.4, 0.5) is 0 Å². The molecular formula is C21H30IN5O2. The Bertz CT molecular complexity index is 794. The van der Waals surface area contributed by atoms with E-state index in [4.69, 9.17) is 4.74 Å². The molecule has 0 bridgehead atoms. The van der Waals surface area contributed by atoms with Gasteiger partial charge in [-0.1, -0.05) is 18.2 Å². The Hall–Kier alpha value is -2.36. The van der Waals surface area contributed by atoms with E-state index in [1.54, 1.807) is 25.2 Å². The first kappa shape index (κ1) is 24.7. The predicted octanol–water partition coefficient (Wildman–Crippen LogP) is 3.06. The highest BCUT2D eigenvalue weighted by Gasteiger charge is 2.08. The van der Waals surface area contributed by atoms with Crippen molar-refractivity contribution in [1.82, 2.24) is 20.5 Å². The quantitative estimate of drug-likeness (QED) is 0.324. The minimum absolute atomic E-state index is 0. The van der Waals surface area contributed by atoms with E-state index in [0.717, 1.165) is 17.7 Å². The molecule has 1 heterocycles. The summed E-state index contributed by atoms with van der Waals surface area (Å²) in [6.07, 6.45) is 1.72. The molecule has 0 aliphatic carbocycles. The van der Waals surface area contributed by atoms with Crippen molar-refractivity contribution < 1.29 is 9.53 Å². The highest BCUT2D eigenvalue weighted by Crippen LogP contribution is 2.13. The van der Waals surface area contributed by atoms with Crippen LogP contribution >= 0.6 is 24.0 Å². The van der Waals surface area contributed by atoms with Gasteiger partial charge in [0.15, 0.2) is 5.96 Å². The number of hydrogen-bond acceptors (Lipinski definition) is 4. The number of ether oxygens (including phenoxy) is 1. The van der Waals surface area contributed by atoms with Gasteiger partial charge in [-0.25, -0.2) is 9.98 Å². The van der Waals surface area contributed by atoms with Crippen LogP contribution in [0.1, 0.15) is 35.3 Å². The summed E-state index contributed by atoms with van der Waals surface area (Å²) >= 11 is 0. The van der Waals surface area contributed by atoms with Gasteiger partial charge in [0.2, 0.25) is 5.88 Å². The number of hydrogen-bond donors (Lipinski definition) is 2. The van der Waals surface area contributed by atoms with E-state index in [2.05, 4.69) is 20.6 Å². The zero-order valence-electron chi connectivity index (χ0n) is 17.4. The number of aliphatic imine (C=N–C) groups is 1. The molecule has 1 aromatic heterocycles. The molecule has 29 heavy (non-hydrogen) atoms. The van der Waals surface area contributed by atoms with Crippen LogP contribution < -0.4 is 15.4 Å². The summed E-state index contributed by atoms with van der Waals surface area (Å²) in [5, 5.41) is 6.54. The molecule has 2 rings (SSSR count).